The Morgan fingerprint density at radius 1 is 1.37 bits per heavy atom. The van der Waals surface area contributed by atoms with E-state index in [9.17, 15) is 8.42 Å². The van der Waals surface area contributed by atoms with Crippen LogP contribution in [-0.4, -0.2) is 51.4 Å². The number of rotatable bonds is 4. The van der Waals surface area contributed by atoms with E-state index < -0.39 is 9.84 Å². The number of benzene rings is 1. The van der Waals surface area contributed by atoms with E-state index >= 15 is 0 Å². The number of morpholine rings is 1. The van der Waals surface area contributed by atoms with Gasteiger partial charge in [-0.15, -0.1) is 0 Å². The Kier molecular flexibility index (Phi) is 4.44. The monoisotopic (exact) mass is 284 g/mol. The zero-order valence-electron chi connectivity index (χ0n) is 11.1. The van der Waals surface area contributed by atoms with Gasteiger partial charge in [-0.25, -0.2) is 8.42 Å². The van der Waals surface area contributed by atoms with Crippen molar-refractivity contribution in [2.45, 2.75) is 17.9 Å². The molecule has 5 nitrogen and oxygen atoms in total. The second-order valence-corrected chi connectivity index (χ2v) is 6.77. The smallest absolute Gasteiger partial charge is 0.180 e. The lowest BCUT2D eigenvalue weighted by molar-refractivity contribution is -0.0145. The predicted octanol–water partition coefficient (Wildman–Crippen LogP) is 0.763. The molecule has 1 heterocycles. The van der Waals surface area contributed by atoms with Crippen LogP contribution in [0.2, 0.25) is 0 Å². The summed E-state index contributed by atoms with van der Waals surface area (Å²) < 4.78 is 30.1. The lowest BCUT2D eigenvalue weighted by atomic mass is 10.3. The molecule has 6 heteroatoms. The third-order valence-corrected chi connectivity index (χ3v) is 5.12. The Balaban J connectivity index is 2.06. The van der Waals surface area contributed by atoms with Gasteiger partial charge in [0.05, 0.1) is 23.4 Å². The molecule has 1 atom stereocenters. The lowest BCUT2D eigenvalue weighted by Crippen LogP contribution is -2.45. The molecular formula is C13H20N2O3S. The molecule has 2 N–H and O–H groups in total. The fourth-order valence-electron chi connectivity index (χ4n) is 2.18. The molecule has 1 unspecified atom stereocenters. The summed E-state index contributed by atoms with van der Waals surface area (Å²) in [6.45, 7) is 5.12. The van der Waals surface area contributed by atoms with Gasteiger partial charge in [0.2, 0.25) is 0 Å². The largest absolute Gasteiger partial charge is 0.399 e. The summed E-state index contributed by atoms with van der Waals surface area (Å²) in [4.78, 5) is 2.51. The molecule has 0 aromatic heterocycles. The van der Waals surface area contributed by atoms with Crippen molar-refractivity contribution in [3.8, 4) is 0 Å². The van der Waals surface area contributed by atoms with E-state index in [0.29, 0.717) is 23.7 Å². The highest BCUT2D eigenvalue weighted by Crippen LogP contribution is 2.16. The third-order valence-electron chi connectivity index (χ3n) is 3.31. The predicted molar refractivity (Wildman–Crippen MR) is 74.8 cm³/mol. The molecule has 0 bridgehead atoms. The third kappa shape index (κ3) is 3.68. The number of nitrogen functional groups attached to an aromatic ring is 1. The Bertz CT molecular complexity index is 513. The molecule has 19 heavy (non-hydrogen) atoms. The van der Waals surface area contributed by atoms with Crippen LogP contribution in [0.3, 0.4) is 0 Å². The summed E-state index contributed by atoms with van der Waals surface area (Å²) in [7, 11) is -3.32. The Morgan fingerprint density at radius 3 is 2.68 bits per heavy atom. The van der Waals surface area contributed by atoms with E-state index in [1.165, 1.54) is 0 Å². The second-order valence-electron chi connectivity index (χ2n) is 4.74. The number of nitrogens with zero attached hydrogens (tertiary/aromatic N) is 1. The number of sulfone groups is 1. The van der Waals surface area contributed by atoms with Gasteiger partial charge in [-0.05, 0) is 30.8 Å². The van der Waals surface area contributed by atoms with Crippen LogP contribution in [0.4, 0.5) is 5.69 Å². The first-order chi connectivity index (χ1) is 9.01. The van der Waals surface area contributed by atoms with E-state index in [2.05, 4.69) is 11.8 Å². The number of hydrogen-bond donors (Lipinski definition) is 1. The minimum Gasteiger partial charge on any atom is -0.399 e. The Labute approximate surface area is 114 Å². The van der Waals surface area contributed by atoms with Crippen LogP contribution in [0.1, 0.15) is 6.92 Å². The van der Waals surface area contributed by atoms with Gasteiger partial charge in [0, 0.05) is 18.8 Å². The molecule has 1 aromatic carbocycles. The minimum absolute atomic E-state index is 0.0212. The number of hydrogen-bond acceptors (Lipinski definition) is 5. The topological polar surface area (TPSA) is 72.6 Å². The van der Waals surface area contributed by atoms with Crippen molar-refractivity contribution in [2.75, 3.05) is 37.7 Å². The van der Waals surface area contributed by atoms with Crippen molar-refractivity contribution >= 4 is 15.5 Å². The maximum Gasteiger partial charge on any atom is 0.180 e. The highest BCUT2D eigenvalue weighted by molar-refractivity contribution is 7.91. The summed E-state index contributed by atoms with van der Waals surface area (Å²) in [5.41, 5.74) is 6.12. The molecule has 106 valence electrons. The average molecular weight is 284 g/mol. The van der Waals surface area contributed by atoms with Crippen LogP contribution in [0, 0.1) is 0 Å². The fourth-order valence-corrected chi connectivity index (χ4v) is 3.62. The van der Waals surface area contributed by atoms with Gasteiger partial charge >= 0.3 is 0 Å². The Morgan fingerprint density at radius 2 is 2.05 bits per heavy atom. The van der Waals surface area contributed by atoms with Crippen LogP contribution in [0.5, 0.6) is 0 Å². The molecule has 0 radical (unpaired) electrons. The van der Waals surface area contributed by atoms with Gasteiger partial charge in [-0.1, -0.05) is 6.92 Å². The van der Waals surface area contributed by atoms with Crippen LogP contribution in [0.15, 0.2) is 29.2 Å². The van der Waals surface area contributed by atoms with Gasteiger partial charge in [0.25, 0.3) is 0 Å². The molecule has 1 aliphatic heterocycles. The maximum absolute atomic E-state index is 12.3. The fraction of sp³-hybridized carbons (Fsp3) is 0.538. The molecule has 2 rings (SSSR count). The van der Waals surface area contributed by atoms with Gasteiger partial charge in [-0.3, -0.25) is 4.90 Å². The van der Waals surface area contributed by atoms with Crippen molar-refractivity contribution in [3.05, 3.63) is 24.3 Å². The van der Waals surface area contributed by atoms with E-state index in [4.69, 9.17) is 10.5 Å². The van der Waals surface area contributed by atoms with Gasteiger partial charge in [0.15, 0.2) is 9.84 Å². The van der Waals surface area contributed by atoms with Crippen molar-refractivity contribution in [1.29, 1.82) is 0 Å². The molecule has 0 spiro atoms. The van der Waals surface area contributed by atoms with Crippen LogP contribution in [0.25, 0.3) is 0 Å². The molecule has 0 aliphatic carbocycles. The molecule has 1 fully saturated rings. The molecule has 0 amide bonds. The zero-order valence-corrected chi connectivity index (χ0v) is 11.9. The van der Waals surface area contributed by atoms with Gasteiger partial charge in [-0.2, -0.15) is 0 Å². The second kappa shape index (κ2) is 5.90. The van der Waals surface area contributed by atoms with Crippen LogP contribution >= 0.6 is 0 Å². The summed E-state index contributed by atoms with van der Waals surface area (Å²) in [6.07, 6.45) is -0.253. The lowest BCUT2D eigenvalue weighted by Gasteiger charge is -2.31. The van der Waals surface area contributed by atoms with E-state index in [1.54, 1.807) is 24.3 Å². The Hall–Kier alpha value is -1.11. The molecule has 0 saturated carbocycles. The highest BCUT2D eigenvalue weighted by atomic mass is 32.2. The minimum atomic E-state index is -3.32. The van der Waals surface area contributed by atoms with E-state index in [1.807, 2.05) is 0 Å². The standard InChI is InChI=1S/C13H20N2O3S/c1-2-15-7-8-18-12(9-15)10-19(16,17)13-5-3-11(14)4-6-13/h3-6,12H,2,7-10,14H2,1H3. The highest BCUT2D eigenvalue weighted by Gasteiger charge is 2.26. The van der Waals surface area contributed by atoms with Crippen molar-refractivity contribution in [2.24, 2.45) is 0 Å². The van der Waals surface area contributed by atoms with Crippen molar-refractivity contribution < 1.29 is 13.2 Å². The molecule has 1 saturated heterocycles. The van der Waals surface area contributed by atoms with Gasteiger partial charge < -0.3 is 10.5 Å². The maximum atomic E-state index is 12.3. The van der Waals surface area contributed by atoms with Gasteiger partial charge in [0.1, 0.15) is 0 Å². The summed E-state index contributed by atoms with van der Waals surface area (Å²) in [6, 6.07) is 6.30. The average Bonchev–Trinajstić information content (AvgIpc) is 2.39. The van der Waals surface area contributed by atoms with Crippen LogP contribution < -0.4 is 5.73 Å². The van der Waals surface area contributed by atoms with E-state index in [-0.39, 0.29) is 11.9 Å². The first-order valence-electron chi connectivity index (χ1n) is 6.43. The van der Waals surface area contributed by atoms with E-state index in [0.717, 1.165) is 13.1 Å². The summed E-state index contributed by atoms with van der Waals surface area (Å²) in [5.74, 6) is 0.0212. The number of anilines is 1. The summed E-state index contributed by atoms with van der Waals surface area (Å²) in [5, 5.41) is 0. The number of likely N-dealkylation sites (N-methyl/N-ethyl adjacent to an activating group) is 1. The first-order valence-corrected chi connectivity index (χ1v) is 8.09. The van der Waals surface area contributed by atoms with Crippen molar-refractivity contribution in [3.63, 3.8) is 0 Å². The van der Waals surface area contributed by atoms with Crippen LogP contribution in [-0.2, 0) is 14.6 Å². The number of ether oxygens (including phenoxy) is 1. The summed E-state index contributed by atoms with van der Waals surface area (Å²) >= 11 is 0. The zero-order chi connectivity index (χ0) is 13.9. The molecule has 1 aliphatic rings. The SMILES string of the molecule is CCN1CCOC(CS(=O)(=O)c2ccc(N)cc2)C1. The van der Waals surface area contributed by atoms with Crippen molar-refractivity contribution in [1.82, 2.24) is 4.90 Å². The quantitative estimate of drug-likeness (QED) is 0.827. The normalized spacial score (nSPS) is 21.4. The molecular weight excluding hydrogens is 264 g/mol. The molecule has 1 aromatic rings. The number of nitrogens with two attached hydrogens (primary N) is 1. The first kappa shape index (κ1) is 14.3.